The number of aromatic nitrogens is 2. The Morgan fingerprint density at radius 1 is 1.16 bits per heavy atom. The molecule has 0 spiro atoms. The van der Waals surface area contributed by atoms with Crippen molar-refractivity contribution in [3.63, 3.8) is 0 Å². The van der Waals surface area contributed by atoms with Crippen LogP contribution in [0.2, 0.25) is 5.02 Å². The fraction of sp³-hybridized carbons (Fsp3) is 0.208. The highest BCUT2D eigenvalue weighted by Gasteiger charge is 2.32. The molecule has 5 rings (SSSR count). The van der Waals surface area contributed by atoms with E-state index in [0.717, 1.165) is 33.3 Å². The lowest BCUT2D eigenvalue weighted by Crippen LogP contribution is -2.26. The fourth-order valence-corrected chi connectivity index (χ4v) is 5.04. The van der Waals surface area contributed by atoms with Crippen molar-refractivity contribution in [1.82, 2.24) is 9.55 Å². The molecule has 0 amide bonds. The van der Waals surface area contributed by atoms with Crippen LogP contribution < -0.4 is 4.74 Å². The maximum absolute atomic E-state index is 11.2. The Morgan fingerprint density at radius 2 is 1.91 bits per heavy atom. The molecular formula is C24H21ClN4O2S. The predicted octanol–water partition coefficient (Wildman–Crippen LogP) is 7.70. The zero-order chi connectivity index (χ0) is 22.6. The second kappa shape index (κ2) is 7.46. The highest BCUT2D eigenvalue weighted by atomic mass is 35.5. The minimum Gasteiger partial charge on any atom is -0.497 e. The summed E-state index contributed by atoms with van der Waals surface area (Å²) in [6.07, 6.45) is 2.13. The summed E-state index contributed by atoms with van der Waals surface area (Å²) < 4.78 is 7.41. The average molecular weight is 465 g/mol. The summed E-state index contributed by atoms with van der Waals surface area (Å²) in [4.78, 5) is 4.56. The highest BCUT2D eigenvalue weighted by molar-refractivity contribution is 7.13. The Hall–Kier alpha value is -3.16. The monoisotopic (exact) mass is 464 g/mol. The molecule has 3 heterocycles. The van der Waals surface area contributed by atoms with Gasteiger partial charge in [-0.3, -0.25) is 0 Å². The topological polar surface area (TPSA) is 72.0 Å². The van der Waals surface area contributed by atoms with Crippen LogP contribution in [-0.4, -0.2) is 21.8 Å². The standard InChI is InChI=1S/C24H21ClN4O2S/c1-13-11-24(2,3)29-21-17(13)9-16(31-4)10-18(21)20(22(29)30)27-28-23-26-19(12-32-23)14-5-7-15(25)8-6-14/h5-12,30H,1-4H3. The average Bonchev–Trinajstić information content (AvgIpc) is 3.33. The summed E-state index contributed by atoms with van der Waals surface area (Å²) >= 11 is 7.36. The summed E-state index contributed by atoms with van der Waals surface area (Å²) in [5.74, 6) is 0.773. The molecule has 1 aliphatic heterocycles. The van der Waals surface area contributed by atoms with Gasteiger partial charge < -0.3 is 14.4 Å². The molecule has 0 radical (unpaired) electrons. The van der Waals surface area contributed by atoms with Gasteiger partial charge in [-0.15, -0.1) is 21.6 Å². The molecule has 0 saturated heterocycles. The summed E-state index contributed by atoms with van der Waals surface area (Å²) in [5, 5.41) is 23.8. The summed E-state index contributed by atoms with van der Waals surface area (Å²) in [6, 6.07) is 11.4. The summed E-state index contributed by atoms with van der Waals surface area (Å²) in [6.45, 7) is 6.19. The molecule has 0 bridgehead atoms. The molecule has 8 heteroatoms. The Bertz CT molecular complexity index is 1410. The molecular weight excluding hydrogens is 444 g/mol. The van der Waals surface area contributed by atoms with Gasteiger partial charge in [-0.1, -0.05) is 29.8 Å². The molecule has 0 atom stereocenters. The maximum atomic E-state index is 11.2. The van der Waals surface area contributed by atoms with Crippen LogP contribution >= 0.6 is 22.9 Å². The number of nitrogens with zero attached hydrogens (tertiary/aromatic N) is 4. The predicted molar refractivity (Wildman–Crippen MR) is 130 cm³/mol. The first-order valence-electron chi connectivity index (χ1n) is 10.1. The van der Waals surface area contributed by atoms with E-state index in [1.807, 2.05) is 46.3 Å². The van der Waals surface area contributed by atoms with E-state index >= 15 is 0 Å². The number of hydrogen-bond acceptors (Lipinski definition) is 6. The number of halogens is 1. The lowest BCUT2D eigenvalue weighted by molar-refractivity contribution is 0.362. The first-order chi connectivity index (χ1) is 15.3. The first-order valence-corrected chi connectivity index (χ1v) is 11.3. The Morgan fingerprint density at radius 3 is 2.62 bits per heavy atom. The lowest BCUT2D eigenvalue weighted by Gasteiger charge is -2.31. The SMILES string of the molecule is COc1cc2c3c(c1)c(N=Nc1nc(-c4ccc(Cl)cc4)cs1)c(O)n3C(C)(C)C=C2C. The molecule has 2 aromatic heterocycles. The van der Waals surface area contributed by atoms with Crippen LogP contribution in [0.1, 0.15) is 26.3 Å². The second-order valence-corrected chi connectivity index (χ2v) is 9.55. The largest absolute Gasteiger partial charge is 0.497 e. The molecule has 0 aliphatic carbocycles. The van der Waals surface area contributed by atoms with Crippen molar-refractivity contribution in [2.45, 2.75) is 26.3 Å². The van der Waals surface area contributed by atoms with Gasteiger partial charge in [-0.05, 0) is 50.6 Å². The van der Waals surface area contributed by atoms with E-state index in [4.69, 9.17) is 16.3 Å². The van der Waals surface area contributed by atoms with Crippen LogP contribution in [0.5, 0.6) is 11.6 Å². The van der Waals surface area contributed by atoms with E-state index in [-0.39, 0.29) is 5.88 Å². The van der Waals surface area contributed by atoms with E-state index < -0.39 is 5.54 Å². The zero-order valence-corrected chi connectivity index (χ0v) is 19.6. The second-order valence-electron chi connectivity index (χ2n) is 8.28. The van der Waals surface area contributed by atoms with Crippen molar-refractivity contribution in [1.29, 1.82) is 0 Å². The first kappa shape index (κ1) is 20.7. The van der Waals surface area contributed by atoms with Crippen LogP contribution in [0.15, 0.2) is 58.1 Å². The van der Waals surface area contributed by atoms with Crippen molar-refractivity contribution in [2.24, 2.45) is 10.2 Å². The smallest absolute Gasteiger partial charge is 0.230 e. The molecule has 162 valence electrons. The Kier molecular flexibility index (Phi) is 4.83. The molecule has 0 saturated carbocycles. The Labute approximate surface area is 194 Å². The number of benzene rings is 2. The van der Waals surface area contributed by atoms with Gasteiger partial charge in [0.15, 0.2) is 5.69 Å². The molecule has 0 fully saturated rings. The number of thiazole rings is 1. The van der Waals surface area contributed by atoms with Gasteiger partial charge in [-0.2, -0.15) is 0 Å². The molecule has 2 aromatic carbocycles. The fourth-order valence-electron chi connectivity index (χ4n) is 4.27. The number of ether oxygens (including phenoxy) is 1. The normalized spacial score (nSPS) is 14.8. The number of aromatic hydroxyl groups is 1. The van der Waals surface area contributed by atoms with Crippen molar-refractivity contribution in [3.05, 3.63) is 58.4 Å². The van der Waals surface area contributed by atoms with Crippen LogP contribution in [0.4, 0.5) is 10.8 Å². The van der Waals surface area contributed by atoms with Gasteiger partial charge in [0.05, 0.1) is 23.9 Å². The van der Waals surface area contributed by atoms with Crippen molar-refractivity contribution in [2.75, 3.05) is 7.11 Å². The molecule has 32 heavy (non-hydrogen) atoms. The quantitative estimate of drug-likeness (QED) is 0.314. The third-order valence-electron chi connectivity index (χ3n) is 5.66. The maximum Gasteiger partial charge on any atom is 0.230 e. The van der Waals surface area contributed by atoms with E-state index in [0.29, 0.717) is 21.6 Å². The molecule has 4 aromatic rings. The number of allylic oxidation sites excluding steroid dienone is 2. The van der Waals surface area contributed by atoms with Crippen molar-refractivity contribution >= 4 is 50.2 Å². The van der Waals surface area contributed by atoms with Gasteiger partial charge in [0.25, 0.3) is 0 Å². The van der Waals surface area contributed by atoms with Gasteiger partial charge in [-0.25, -0.2) is 4.98 Å². The van der Waals surface area contributed by atoms with Crippen molar-refractivity contribution < 1.29 is 9.84 Å². The van der Waals surface area contributed by atoms with Crippen LogP contribution in [0.3, 0.4) is 0 Å². The third kappa shape index (κ3) is 3.29. The molecule has 1 N–H and O–H groups in total. The number of hydrogen-bond donors (Lipinski definition) is 1. The van der Waals surface area contributed by atoms with Gasteiger partial charge in [0, 0.05) is 26.9 Å². The third-order valence-corrected chi connectivity index (χ3v) is 6.64. The van der Waals surface area contributed by atoms with Crippen LogP contribution in [-0.2, 0) is 5.54 Å². The zero-order valence-electron chi connectivity index (χ0n) is 18.0. The van der Waals surface area contributed by atoms with E-state index in [2.05, 4.69) is 42.1 Å². The van der Waals surface area contributed by atoms with Gasteiger partial charge in [0.1, 0.15) is 5.75 Å². The van der Waals surface area contributed by atoms with Crippen molar-refractivity contribution in [3.8, 4) is 22.9 Å². The highest BCUT2D eigenvalue weighted by Crippen LogP contribution is 2.49. The number of rotatable bonds is 4. The van der Waals surface area contributed by atoms with Crippen LogP contribution in [0.25, 0.3) is 27.7 Å². The van der Waals surface area contributed by atoms with E-state index in [9.17, 15) is 5.11 Å². The van der Waals surface area contributed by atoms with Gasteiger partial charge in [0.2, 0.25) is 11.0 Å². The summed E-state index contributed by atoms with van der Waals surface area (Å²) in [7, 11) is 1.63. The molecule has 0 unspecified atom stereocenters. The lowest BCUT2D eigenvalue weighted by atomic mass is 9.92. The van der Waals surface area contributed by atoms with Gasteiger partial charge >= 0.3 is 0 Å². The Balaban J connectivity index is 1.61. The number of azo groups is 1. The minimum atomic E-state index is -0.412. The van der Waals surface area contributed by atoms with E-state index in [1.54, 1.807) is 7.11 Å². The van der Waals surface area contributed by atoms with Crippen LogP contribution in [0, 0.1) is 0 Å². The molecule has 1 aliphatic rings. The molecule has 6 nitrogen and oxygen atoms in total. The number of methoxy groups -OCH3 is 1. The van der Waals surface area contributed by atoms with E-state index in [1.165, 1.54) is 11.3 Å². The minimum absolute atomic E-state index is 0.0708. The summed E-state index contributed by atoms with van der Waals surface area (Å²) in [5.41, 5.74) is 4.80.